The fourth-order valence-corrected chi connectivity index (χ4v) is 2.78. The van der Waals surface area contributed by atoms with Gasteiger partial charge >= 0.3 is 0 Å². The number of aryl methyl sites for hydroxylation is 1. The van der Waals surface area contributed by atoms with Crippen LogP contribution in [0.4, 0.5) is 0 Å². The van der Waals surface area contributed by atoms with E-state index in [-0.39, 0.29) is 6.04 Å². The Morgan fingerprint density at radius 2 is 1.55 bits per heavy atom. The Balaban J connectivity index is 2.21. The van der Waals surface area contributed by atoms with Crippen molar-refractivity contribution in [2.45, 2.75) is 46.6 Å². The molecule has 0 heterocycles. The number of benzene rings is 1. The predicted octanol–water partition coefficient (Wildman–Crippen LogP) is 3.46. The molecule has 0 aliphatic rings. The third-order valence-corrected chi connectivity index (χ3v) is 4.15. The van der Waals surface area contributed by atoms with E-state index in [2.05, 4.69) is 63.3 Å². The Morgan fingerprint density at radius 3 is 2.10 bits per heavy atom. The minimum absolute atomic E-state index is 0.246. The van der Waals surface area contributed by atoms with Crippen molar-refractivity contribution < 1.29 is 0 Å². The SMILES string of the molecule is CC(C)C(CNCC(N)CCc1ccccc1)C(C)C. The maximum atomic E-state index is 6.20. The minimum atomic E-state index is 0.246. The van der Waals surface area contributed by atoms with Gasteiger partial charge in [0.1, 0.15) is 0 Å². The first kappa shape index (κ1) is 17.2. The second-order valence-electron chi connectivity index (χ2n) is 6.59. The first-order valence-electron chi connectivity index (χ1n) is 8.01. The average Bonchev–Trinajstić information content (AvgIpc) is 2.41. The smallest absolute Gasteiger partial charge is 0.0168 e. The Kier molecular flexibility index (Phi) is 7.86. The van der Waals surface area contributed by atoms with Crippen LogP contribution in [0.3, 0.4) is 0 Å². The molecule has 1 aromatic rings. The molecule has 0 saturated carbocycles. The molecule has 0 fully saturated rings. The maximum absolute atomic E-state index is 6.20. The second-order valence-corrected chi connectivity index (χ2v) is 6.59. The van der Waals surface area contributed by atoms with Crippen LogP contribution < -0.4 is 11.1 Å². The fourth-order valence-electron chi connectivity index (χ4n) is 2.78. The zero-order valence-corrected chi connectivity index (χ0v) is 13.6. The number of nitrogens with one attached hydrogen (secondary N) is 1. The van der Waals surface area contributed by atoms with Crippen LogP contribution in [0.25, 0.3) is 0 Å². The minimum Gasteiger partial charge on any atom is -0.327 e. The van der Waals surface area contributed by atoms with Crippen molar-refractivity contribution in [1.29, 1.82) is 0 Å². The lowest BCUT2D eigenvalue weighted by molar-refractivity contribution is 0.274. The molecule has 1 rings (SSSR count). The summed E-state index contributed by atoms with van der Waals surface area (Å²) in [5.74, 6) is 2.18. The summed E-state index contributed by atoms with van der Waals surface area (Å²) in [7, 11) is 0. The quantitative estimate of drug-likeness (QED) is 0.725. The van der Waals surface area contributed by atoms with E-state index in [4.69, 9.17) is 5.73 Å². The van der Waals surface area contributed by atoms with Gasteiger partial charge in [-0.1, -0.05) is 58.0 Å². The normalized spacial score (nSPS) is 13.4. The summed E-state index contributed by atoms with van der Waals surface area (Å²) in [5.41, 5.74) is 7.58. The Bertz CT molecular complexity index is 338. The van der Waals surface area contributed by atoms with Crippen LogP contribution >= 0.6 is 0 Å². The molecule has 2 heteroatoms. The zero-order chi connectivity index (χ0) is 15.0. The van der Waals surface area contributed by atoms with Crippen LogP contribution in [-0.2, 0) is 6.42 Å². The molecule has 0 bridgehead atoms. The van der Waals surface area contributed by atoms with Gasteiger partial charge in [-0.15, -0.1) is 0 Å². The molecule has 114 valence electrons. The molecular weight excluding hydrogens is 244 g/mol. The molecule has 0 spiro atoms. The van der Waals surface area contributed by atoms with E-state index in [1.54, 1.807) is 0 Å². The highest BCUT2D eigenvalue weighted by molar-refractivity contribution is 5.14. The highest BCUT2D eigenvalue weighted by atomic mass is 14.9. The Morgan fingerprint density at radius 1 is 0.950 bits per heavy atom. The highest BCUT2D eigenvalue weighted by Gasteiger charge is 2.17. The summed E-state index contributed by atoms with van der Waals surface area (Å²) in [5, 5.41) is 3.56. The van der Waals surface area contributed by atoms with Gasteiger partial charge in [0, 0.05) is 12.6 Å². The monoisotopic (exact) mass is 276 g/mol. The number of rotatable bonds is 9. The van der Waals surface area contributed by atoms with Gasteiger partial charge in [-0.25, -0.2) is 0 Å². The van der Waals surface area contributed by atoms with Crippen molar-refractivity contribution >= 4 is 0 Å². The van der Waals surface area contributed by atoms with E-state index in [0.29, 0.717) is 0 Å². The number of hydrogen-bond donors (Lipinski definition) is 2. The van der Waals surface area contributed by atoms with E-state index in [9.17, 15) is 0 Å². The Hall–Kier alpha value is -0.860. The lowest BCUT2D eigenvalue weighted by Gasteiger charge is -2.26. The lowest BCUT2D eigenvalue weighted by atomic mass is 9.85. The van der Waals surface area contributed by atoms with E-state index >= 15 is 0 Å². The number of hydrogen-bond acceptors (Lipinski definition) is 2. The van der Waals surface area contributed by atoms with Gasteiger partial charge in [-0.3, -0.25) is 0 Å². The number of nitrogens with two attached hydrogens (primary N) is 1. The molecule has 0 radical (unpaired) electrons. The van der Waals surface area contributed by atoms with Gasteiger partial charge in [-0.2, -0.15) is 0 Å². The van der Waals surface area contributed by atoms with Crippen molar-refractivity contribution in [3.05, 3.63) is 35.9 Å². The van der Waals surface area contributed by atoms with E-state index < -0.39 is 0 Å². The molecule has 1 aromatic carbocycles. The summed E-state index contributed by atoms with van der Waals surface area (Å²) in [6.07, 6.45) is 2.12. The van der Waals surface area contributed by atoms with Crippen molar-refractivity contribution in [2.75, 3.05) is 13.1 Å². The van der Waals surface area contributed by atoms with Crippen LogP contribution in [0.15, 0.2) is 30.3 Å². The van der Waals surface area contributed by atoms with Crippen LogP contribution in [0, 0.1) is 17.8 Å². The molecule has 1 atom stereocenters. The summed E-state index contributed by atoms with van der Waals surface area (Å²) in [6, 6.07) is 10.8. The highest BCUT2D eigenvalue weighted by Crippen LogP contribution is 2.19. The topological polar surface area (TPSA) is 38.0 Å². The second kappa shape index (κ2) is 9.15. The summed E-state index contributed by atoms with van der Waals surface area (Å²) < 4.78 is 0. The van der Waals surface area contributed by atoms with Crippen molar-refractivity contribution in [3.63, 3.8) is 0 Å². The third kappa shape index (κ3) is 6.53. The van der Waals surface area contributed by atoms with Gasteiger partial charge in [0.05, 0.1) is 0 Å². The van der Waals surface area contributed by atoms with E-state index in [0.717, 1.165) is 43.7 Å². The molecule has 2 nitrogen and oxygen atoms in total. The average molecular weight is 276 g/mol. The van der Waals surface area contributed by atoms with Crippen LogP contribution in [0.5, 0.6) is 0 Å². The first-order chi connectivity index (χ1) is 9.50. The van der Waals surface area contributed by atoms with Gasteiger partial charge in [0.2, 0.25) is 0 Å². The Labute approximate surface area is 125 Å². The van der Waals surface area contributed by atoms with Crippen LogP contribution in [0.2, 0.25) is 0 Å². The summed E-state index contributed by atoms with van der Waals surface area (Å²) in [6.45, 7) is 11.2. The maximum Gasteiger partial charge on any atom is 0.0168 e. The molecule has 1 unspecified atom stereocenters. The largest absolute Gasteiger partial charge is 0.327 e. The van der Waals surface area contributed by atoms with Gasteiger partial charge in [0.25, 0.3) is 0 Å². The molecule has 20 heavy (non-hydrogen) atoms. The molecule has 0 aliphatic heterocycles. The van der Waals surface area contributed by atoms with Gasteiger partial charge in [-0.05, 0) is 42.7 Å². The molecule has 0 amide bonds. The zero-order valence-electron chi connectivity index (χ0n) is 13.6. The van der Waals surface area contributed by atoms with E-state index in [1.165, 1.54) is 5.56 Å². The fraction of sp³-hybridized carbons (Fsp3) is 0.667. The summed E-state index contributed by atoms with van der Waals surface area (Å²) in [4.78, 5) is 0. The van der Waals surface area contributed by atoms with Crippen molar-refractivity contribution in [3.8, 4) is 0 Å². The molecule has 0 saturated heterocycles. The standard InChI is InChI=1S/C18H32N2/c1-14(2)18(15(3)4)13-20-12-17(19)11-10-16-8-6-5-7-9-16/h5-9,14-15,17-18,20H,10-13,19H2,1-4H3. The first-order valence-corrected chi connectivity index (χ1v) is 8.01. The molecular formula is C18H32N2. The van der Waals surface area contributed by atoms with Crippen molar-refractivity contribution in [2.24, 2.45) is 23.5 Å². The van der Waals surface area contributed by atoms with Crippen LogP contribution in [0.1, 0.15) is 39.7 Å². The summed E-state index contributed by atoms with van der Waals surface area (Å²) >= 11 is 0. The molecule has 0 aromatic heterocycles. The lowest BCUT2D eigenvalue weighted by Crippen LogP contribution is -2.38. The molecule has 3 N–H and O–H groups in total. The van der Waals surface area contributed by atoms with Gasteiger partial charge in [0.15, 0.2) is 0 Å². The van der Waals surface area contributed by atoms with Crippen LogP contribution in [-0.4, -0.2) is 19.1 Å². The van der Waals surface area contributed by atoms with Gasteiger partial charge < -0.3 is 11.1 Å². The predicted molar refractivity (Wildman–Crippen MR) is 88.8 cm³/mol. The van der Waals surface area contributed by atoms with Crippen molar-refractivity contribution in [1.82, 2.24) is 5.32 Å². The molecule has 0 aliphatic carbocycles. The van der Waals surface area contributed by atoms with E-state index in [1.807, 2.05) is 0 Å². The third-order valence-electron chi connectivity index (χ3n) is 4.15.